The fourth-order valence-electron chi connectivity index (χ4n) is 2.48. The number of rotatable bonds is 6. The van der Waals surface area contributed by atoms with Crippen molar-refractivity contribution in [3.8, 4) is 5.75 Å². The molecule has 1 aromatic carbocycles. The topological polar surface area (TPSA) is 55.6 Å². The van der Waals surface area contributed by atoms with Crippen molar-refractivity contribution in [1.29, 1.82) is 0 Å². The van der Waals surface area contributed by atoms with Crippen LogP contribution in [-0.4, -0.2) is 17.5 Å². The molecule has 0 unspecified atom stereocenters. The molecule has 26 heavy (non-hydrogen) atoms. The highest BCUT2D eigenvalue weighted by Gasteiger charge is 2.26. The van der Waals surface area contributed by atoms with Gasteiger partial charge >= 0.3 is 0 Å². The third-order valence-corrected chi connectivity index (χ3v) is 4.50. The van der Waals surface area contributed by atoms with E-state index in [2.05, 4.69) is 4.98 Å². The Morgan fingerprint density at radius 1 is 1.19 bits per heavy atom. The van der Waals surface area contributed by atoms with Crippen molar-refractivity contribution in [2.75, 3.05) is 11.5 Å². The number of nitrogens with zero attached hydrogens (tertiary/aromatic N) is 2. The average Bonchev–Trinajstić information content (AvgIpc) is 3.18. The zero-order valence-electron chi connectivity index (χ0n) is 13.9. The lowest BCUT2D eigenvalue weighted by molar-refractivity contribution is -0.121. The van der Waals surface area contributed by atoms with Crippen LogP contribution < -0.4 is 9.64 Å². The van der Waals surface area contributed by atoms with Crippen molar-refractivity contribution in [3.63, 3.8) is 0 Å². The molecule has 1 atom stereocenters. The summed E-state index contributed by atoms with van der Waals surface area (Å²) in [6.45, 7) is 1.68. The van der Waals surface area contributed by atoms with Crippen LogP contribution in [-0.2, 0) is 4.79 Å². The quantitative estimate of drug-likeness (QED) is 0.583. The molecular formula is C19H16Cl2N2O3. The molecule has 0 bridgehead atoms. The van der Waals surface area contributed by atoms with Crippen LogP contribution in [0.25, 0.3) is 0 Å². The predicted molar refractivity (Wildman–Crippen MR) is 101 cm³/mol. The summed E-state index contributed by atoms with van der Waals surface area (Å²) in [4.78, 5) is 18.7. The van der Waals surface area contributed by atoms with Gasteiger partial charge in [0.15, 0.2) is 6.61 Å². The summed E-state index contributed by atoms with van der Waals surface area (Å²) in [5, 5.41) is 0.786. The monoisotopic (exact) mass is 390 g/mol. The van der Waals surface area contributed by atoms with E-state index in [1.807, 2.05) is 19.1 Å². The van der Waals surface area contributed by atoms with E-state index in [9.17, 15) is 4.79 Å². The molecule has 0 radical (unpaired) electrons. The largest absolute Gasteiger partial charge is 0.484 e. The van der Waals surface area contributed by atoms with Crippen LogP contribution in [0.4, 0.5) is 5.82 Å². The van der Waals surface area contributed by atoms with Gasteiger partial charge in [-0.05, 0) is 43.3 Å². The number of ether oxygens (including phenoxy) is 1. The number of amides is 1. The van der Waals surface area contributed by atoms with E-state index in [-0.39, 0.29) is 18.6 Å². The zero-order chi connectivity index (χ0) is 18.5. The van der Waals surface area contributed by atoms with E-state index in [0.717, 1.165) is 0 Å². The Kier molecular flexibility index (Phi) is 5.81. The first-order chi connectivity index (χ1) is 12.6. The molecule has 2 heterocycles. The second-order valence-corrected chi connectivity index (χ2v) is 6.32. The van der Waals surface area contributed by atoms with Gasteiger partial charge in [-0.3, -0.25) is 9.69 Å². The highest BCUT2D eigenvalue weighted by atomic mass is 35.5. The summed E-state index contributed by atoms with van der Waals surface area (Å²) in [6, 6.07) is 13.5. The van der Waals surface area contributed by atoms with E-state index in [1.165, 1.54) is 4.90 Å². The van der Waals surface area contributed by atoms with E-state index >= 15 is 0 Å². The maximum Gasteiger partial charge on any atom is 0.266 e. The Morgan fingerprint density at radius 2 is 2.04 bits per heavy atom. The molecule has 134 valence electrons. The van der Waals surface area contributed by atoms with Gasteiger partial charge in [0.05, 0.1) is 22.4 Å². The molecule has 0 aliphatic rings. The SMILES string of the molecule is C[C@H](c1ccco1)N(C(=O)COc1ccc(Cl)c(Cl)c1)c1ccccn1. The molecule has 0 N–H and O–H groups in total. The molecule has 3 aromatic rings. The lowest BCUT2D eigenvalue weighted by Gasteiger charge is -2.27. The fraction of sp³-hybridized carbons (Fsp3) is 0.158. The second-order valence-electron chi connectivity index (χ2n) is 5.51. The lowest BCUT2D eigenvalue weighted by Crippen LogP contribution is -2.37. The molecule has 5 nitrogen and oxygen atoms in total. The van der Waals surface area contributed by atoms with Crippen molar-refractivity contribution < 1.29 is 13.9 Å². The number of carbonyl (C=O) groups excluding carboxylic acids is 1. The number of halogens is 2. The first kappa shape index (κ1) is 18.3. The van der Waals surface area contributed by atoms with Gasteiger partial charge in [0, 0.05) is 12.3 Å². The molecule has 0 spiro atoms. The minimum atomic E-state index is -0.343. The van der Waals surface area contributed by atoms with Gasteiger partial charge in [0.25, 0.3) is 5.91 Å². The van der Waals surface area contributed by atoms with Crippen LogP contribution in [0.5, 0.6) is 5.75 Å². The maximum atomic E-state index is 12.9. The minimum Gasteiger partial charge on any atom is -0.484 e. The Hall–Kier alpha value is -2.50. The van der Waals surface area contributed by atoms with E-state index < -0.39 is 0 Å². The summed E-state index contributed by atoms with van der Waals surface area (Å²) < 4.78 is 11.0. The summed E-state index contributed by atoms with van der Waals surface area (Å²) >= 11 is 11.9. The number of carbonyl (C=O) groups is 1. The first-order valence-electron chi connectivity index (χ1n) is 7.90. The minimum absolute atomic E-state index is 0.181. The zero-order valence-corrected chi connectivity index (χ0v) is 15.4. The number of hydrogen-bond donors (Lipinski definition) is 0. The summed E-state index contributed by atoms with van der Waals surface area (Å²) in [6.07, 6.45) is 3.20. The van der Waals surface area contributed by atoms with Gasteiger partial charge < -0.3 is 9.15 Å². The van der Waals surface area contributed by atoms with Crippen LogP contribution in [0.15, 0.2) is 65.4 Å². The van der Waals surface area contributed by atoms with Crippen LogP contribution in [0.2, 0.25) is 10.0 Å². The van der Waals surface area contributed by atoms with Crippen LogP contribution in [0.1, 0.15) is 18.7 Å². The molecule has 7 heteroatoms. The Labute approximate surface area is 161 Å². The second kappa shape index (κ2) is 8.25. The van der Waals surface area contributed by atoms with Crippen LogP contribution in [0, 0.1) is 0 Å². The van der Waals surface area contributed by atoms with E-state index in [0.29, 0.717) is 27.4 Å². The predicted octanol–water partition coefficient (Wildman–Crippen LogP) is 5.15. The fourth-order valence-corrected chi connectivity index (χ4v) is 2.76. The van der Waals surface area contributed by atoms with Gasteiger partial charge in [-0.15, -0.1) is 0 Å². The van der Waals surface area contributed by atoms with Crippen molar-refractivity contribution in [3.05, 3.63) is 76.8 Å². The van der Waals surface area contributed by atoms with Crippen LogP contribution >= 0.6 is 23.2 Å². The Morgan fingerprint density at radius 3 is 2.69 bits per heavy atom. The summed E-state index contributed by atoms with van der Waals surface area (Å²) in [7, 11) is 0. The molecule has 0 fully saturated rings. The number of pyridine rings is 1. The molecule has 2 aromatic heterocycles. The lowest BCUT2D eigenvalue weighted by atomic mass is 10.2. The normalized spacial score (nSPS) is 11.8. The maximum absolute atomic E-state index is 12.9. The number of furan rings is 1. The number of benzene rings is 1. The molecular weight excluding hydrogens is 375 g/mol. The van der Waals surface area contributed by atoms with E-state index in [4.69, 9.17) is 32.4 Å². The molecule has 0 aliphatic heterocycles. The smallest absolute Gasteiger partial charge is 0.266 e. The van der Waals surface area contributed by atoms with Gasteiger partial charge in [-0.2, -0.15) is 0 Å². The van der Waals surface area contributed by atoms with Gasteiger partial charge in [-0.25, -0.2) is 4.98 Å². The van der Waals surface area contributed by atoms with Crippen LogP contribution in [0.3, 0.4) is 0 Å². The number of aromatic nitrogens is 1. The van der Waals surface area contributed by atoms with E-state index in [1.54, 1.807) is 48.9 Å². The van der Waals surface area contributed by atoms with Crippen molar-refractivity contribution in [1.82, 2.24) is 4.98 Å². The number of anilines is 1. The first-order valence-corrected chi connectivity index (χ1v) is 8.66. The Bertz CT molecular complexity index is 870. The highest BCUT2D eigenvalue weighted by Crippen LogP contribution is 2.28. The molecule has 0 saturated carbocycles. The van der Waals surface area contributed by atoms with Crippen molar-refractivity contribution in [2.45, 2.75) is 13.0 Å². The Balaban J connectivity index is 1.79. The van der Waals surface area contributed by atoms with Gasteiger partial charge in [0.2, 0.25) is 0 Å². The molecule has 0 saturated heterocycles. The molecule has 1 amide bonds. The average molecular weight is 391 g/mol. The van der Waals surface area contributed by atoms with Crippen molar-refractivity contribution in [2.24, 2.45) is 0 Å². The van der Waals surface area contributed by atoms with Gasteiger partial charge in [0.1, 0.15) is 17.3 Å². The standard InChI is InChI=1S/C19H16Cl2N2O3/c1-13(17-5-4-10-25-17)23(18-6-2-3-9-22-18)19(24)12-26-14-7-8-15(20)16(21)11-14/h2-11,13H,12H2,1H3/t13-/m1/s1. The summed E-state index contributed by atoms with van der Waals surface area (Å²) in [5.41, 5.74) is 0. The van der Waals surface area contributed by atoms with Crippen molar-refractivity contribution >= 4 is 34.9 Å². The van der Waals surface area contributed by atoms with Gasteiger partial charge in [-0.1, -0.05) is 29.3 Å². The third-order valence-electron chi connectivity index (χ3n) is 3.76. The third kappa shape index (κ3) is 4.18. The molecule has 3 rings (SSSR count). The summed E-state index contributed by atoms with van der Waals surface area (Å²) in [5.74, 6) is 1.36. The highest BCUT2D eigenvalue weighted by molar-refractivity contribution is 6.42. The number of hydrogen-bond acceptors (Lipinski definition) is 4. The molecule has 0 aliphatic carbocycles.